The molecular formula is C17H20F2N2O12P2. The SMILES string of the molecule is O=c1ccn([C@@H]2O[C@H](COP(=O)(O)OP(=O)(O)O)C(O)C2O)c(=O)n1CC(F)(F)c1ccccc1. The Balaban J connectivity index is 1.82. The standard InChI is InChI=1S/C17H20F2N2O12P2/c18-17(19,10-4-2-1-3-5-10)9-21-12(22)6-7-20(16(21)25)15-14(24)13(23)11(32-15)8-31-35(29,30)33-34(26,27)28/h1-7,11,13-15,23-24H,8-9H2,(H,29,30)(H2,26,27,28)/t11-,13?,14?,15-/m1/s1. The van der Waals surface area contributed by atoms with Crippen LogP contribution in [0.3, 0.4) is 0 Å². The smallest absolute Gasteiger partial charge is 0.387 e. The fraction of sp³-hybridized carbons (Fsp3) is 0.412. The lowest BCUT2D eigenvalue weighted by atomic mass is 10.1. The number of benzene rings is 1. The molecule has 18 heteroatoms. The van der Waals surface area contributed by atoms with Crippen molar-refractivity contribution >= 4 is 15.6 Å². The van der Waals surface area contributed by atoms with Gasteiger partial charge >= 0.3 is 21.3 Å². The van der Waals surface area contributed by atoms with E-state index in [0.717, 1.165) is 24.4 Å². The topological polar surface area (TPSA) is 207 Å². The minimum atomic E-state index is -5.42. The fourth-order valence-corrected chi connectivity index (χ4v) is 4.86. The molecule has 1 fully saturated rings. The van der Waals surface area contributed by atoms with Crippen LogP contribution in [-0.4, -0.2) is 58.9 Å². The van der Waals surface area contributed by atoms with Gasteiger partial charge in [-0.2, -0.15) is 13.1 Å². The fourth-order valence-electron chi connectivity index (χ4n) is 3.26. The van der Waals surface area contributed by atoms with Crippen molar-refractivity contribution in [2.24, 2.45) is 0 Å². The summed E-state index contributed by atoms with van der Waals surface area (Å²) in [6.45, 7) is -2.39. The van der Waals surface area contributed by atoms with Crippen molar-refractivity contribution < 1.29 is 56.4 Å². The zero-order chi connectivity index (χ0) is 26.2. The van der Waals surface area contributed by atoms with Crippen molar-refractivity contribution in [2.75, 3.05) is 6.61 Å². The minimum Gasteiger partial charge on any atom is -0.387 e. The maximum atomic E-state index is 14.7. The summed E-state index contributed by atoms with van der Waals surface area (Å²) < 4.78 is 65.5. The molecule has 0 saturated carbocycles. The summed E-state index contributed by atoms with van der Waals surface area (Å²) in [4.78, 5) is 51.5. The van der Waals surface area contributed by atoms with Crippen LogP contribution in [0.15, 0.2) is 52.2 Å². The molecule has 0 radical (unpaired) electrons. The third-order valence-corrected chi connectivity index (χ3v) is 7.02. The molecule has 2 heterocycles. The minimum absolute atomic E-state index is 0.203. The van der Waals surface area contributed by atoms with Crippen molar-refractivity contribution in [1.82, 2.24) is 9.13 Å². The quantitative estimate of drug-likeness (QED) is 0.257. The van der Waals surface area contributed by atoms with Crippen molar-refractivity contribution in [3.63, 3.8) is 0 Å². The number of halogens is 2. The third-order valence-electron chi connectivity index (χ3n) is 4.87. The lowest BCUT2D eigenvalue weighted by molar-refractivity contribution is -0.0569. The molecule has 35 heavy (non-hydrogen) atoms. The van der Waals surface area contributed by atoms with E-state index in [4.69, 9.17) is 14.5 Å². The largest absolute Gasteiger partial charge is 0.481 e. The van der Waals surface area contributed by atoms with E-state index in [9.17, 15) is 42.6 Å². The van der Waals surface area contributed by atoms with Gasteiger partial charge in [0.15, 0.2) is 6.23 Å². The molecule has 5 N–H and O–H groups in total. The van der Waals surface area contributed by atoms with E-state index in [1.807, 2.05) is 0 Å². The van der Waals surface area contributed by atoms with Gasteiger partial charge in [0.2, 0.25) is 0 Å². The molecule has 0 aliphatic carbocycles. The molecule has 2 aromatic rings. The van der Waals surface area contributed by atoms with E-state index in [1.54, 1.807) is 0 Å². The van der Waals surface area contributed by atoms with Crippen LogP contribution in [-0.2, 0) is 35.2 Å². The predicted octanol–water partition coefficient (Wildman–Crippen LogP) is -0.353. The Kier molecular flexibility index (Phi) is 7.94. The number of phosphoric ester groups is 1. The zero-order valence-corrected chi connectivity index (χ0v) is 19.2. The summed E-state index contributed by atoms with van der Waals surface area (Å²) >= 11 is 0. The third kappa shape index (κ3) is 6.57. The van der Waals surface area contributed by atoms with Crippen LogP contribution in [0.4, 0.5) is 8.78 Å². The Morgan fingerprint density at radius 2 is 1.66 bits per heavy atom. The van der Waals surface area contributed by atoms with Gasteiger partial charge in [0.25, 0.3) is 11.5 Å². The molecule has 5 atom stereocenters. The second-order valence-corrected chi connectivity index (χ2v) is 10.2. The van der Waals surface area contributed by atoms with E-state index in [-0.39, 0.29) is 4.57 Å². The molecular weight excluding hydrogens is 524 g/mol. The Hall–Kier alpha value is -2.10. The average Bonchev–Trinajstić information content (AvgIpc) is 3.03. The van der Waals surface area contributed by atoms with Crippen molar-refractivity contribution in [3.05, 3.63) is 69.0 Å². The van der Waals surface area contributed by atoms with Crippen molar-refractivity contribution in [3.8, 4) is 0 Å². The summed E-state index contributed by atoms with van der Waals surface area (Å²) in [5, 5.41) is 20.4. The summed E-state index contributed by atoms with van der Waals surface area (Å²) in [6, 6.07) is 7.15. The van der Waals surface area contributed by atoms with Crippen LogP contribution < -0.4 is 11.2 Å². The summed E-state index contributed by atoms with van der Waals surface area (Å²) in [6.07, 6.45) is -6.31. The molecule has 1 aromatic heterocycles. The van der Waals surface area contributed by atoms with Gasteiger partial charge in [-0.05, 0) is 0 Å². The molecule has 194 valence electrons. The highest BCUT2D eigenvalue weighted by molar-refractivity contribution is 7.60. The van der Waals surface area contributed by atoms with Crippen LogP contribution in [0.25, 0.3) is 0 Å². The molecule has 1 saturated heterocycles. The number of nitrogens with zero attached hydrogens (tertiary/aromatic N) is 2. The lowest BCUT2D eigenvalue weighted by Crippen LogP contribution is -2.45. The molecule has 0 spiro atoms. The second kappa shape index (κ2) is 10.1. The van der Waals surface area contributed by atoms with Gasteiger partial charge in [0.05, 0.1) is 13.2 Å². The van der Waals surface area contributed by atoms with E-state index in [0.29, 0.717) is 4.57 Å². The molecule has 3 unspecified atom stereocenters. The lowest BCUT2D eigenvalue weighted by Gasteiger charge is -2.21. The maximum absolute atomic E-state index is 14.7. The molecule has 1 aliphatic heterocycles. The number of rotatable bonds is 9. The van der Waals surface area contributed by atoms with Crippen LogP contribution in [0.5, 0.6) is 0 Å². The average molecular weight is 544 g/mol. The highest BCUT2D eigenvalue weighted by atomic mass is 31.3. The van der Waals surface area contributed by atoms with Crippen LogP contribution in [0, 0.1) is 0 Å². The van der Waals surface area contributed by atoms with E-state index >= 15 is 0 Å². The molecule has 14 nitrogen and oxygen atoms in total. The van der Waals surface area contributed by atoms with Crippen LogP contribution in [0.2, 0.25) is 0 Å². The number of aliphatic hydroxyl groups excluding tert-OH is 2. The first-order chi connectivity index (χ1) is 16.1. The van der Waals surface area contributed by atoms with Crippen molar-refractivity contribution in [1.29, 1.82) is 0 Å². The number of hydrogen-bond acceptors (Lipinski definition) is 9. The van der Waals surface area contributed by atoms with Gasteiger partial charge in [-0.15, -0.1) is 0 Å². The Morgan fingerprint density at radius 1 is 1.03 bits per heavy atom. The maximum Gasteiger partial charge on any atom is 0.481 e. The van der Waals surface area contributed by atoms with Gasteiger partial charge in [0.1, 0.15) is 18.3 Å². The monoisotopic (exact) mass is 544 g/mol. The number of aliphatic hydroxyl groups is 2. The molecule has 3 rings (SSSR count). The highest BCUT2D eigenvalue weighted by Gasteiger charge is 2.46. The van der Waals surface area contributed by atoms with Crippen LogP contribution >= 0.6 is 15.6 Å². The normalized spacial score (nSPS) is 24.9. The van der Waals surface area contributed by atoms with Crippen molar-refractivity contribution in [2.45, 2.75) is 37.0 Å². The van der Waals surface area contributed by atoms with Gasteiger partial charge in [-0.1, -0.05) is 30.3 Å². The first-order valence-corrected chi connectivity index (χ1v) is 12.6. The first kappa shape index (κ1) is 27.5. The number of aromatic nitrogens is 2. The Labute approximate surface area is 194 Å². The van der Waals surface area contributed by atoms with Gasteiger partial charge in [-0.25, -0.2) is 13.9 Å². The zero-order valence-electron chi connectivity index (χ0n) is 17.4. The van der Waals surface area contributed by atoms with E-state index in [1.165, 1.54) is 18.2 Å². The van der Waals surface area contributed by atoms with E-state index < -0.39 is 76.1 Å². The Bertz CT molecular complexity index is 1260. The number of phosphoric acid groups is 2. The van der Waals surface area contributed by atoms with Crippen LogP contribution in [0.1, 0.15) is 11.8 Å². The molecule has 0 bridgehead atoms. The first-order valence-electron chi connectivity index (χ1n) is 9.62. The second-order valence-electron chi connectivity index (χ2n) is 7.38. The number of hydrogen-bond donors (Lipinski definition) is 5. The van der Waals surface area contributed by atoms with E-state index in [2.05, 4.69) is 8.83 Å². The van der Waals surface area contributed by atoms with Gasteiger partial charge in [-0.3, -0.25) is 18.5 Å². The van der Waals surface area contributed by atoms with Gasteiger partial charge in [0, 0.05) is 17.8 Å². The number of alkyl halides is 2. The summed E-state index contributed by atoms with van der Waals surface area (Å²) in [5.74, 6) is -3.63. The molecule has 0 amide bonds. The Morgan fingerprint density at radius 3 is 2.26 bits per heavy atom. The number of ether oxygens (including phenoxy) is 1. The predicted molar refractivity (Wildman–Crippen MR) is 110 cm³/mol. The molecule has 1 aromatic carbocycles. The summed E-state index contributed by atoms with van der Waals surface area (Å²) in [5.41, 5.74) is -2.85. The highest BCUT2D eigenvalue weighted by Crippen LogP contribution is 2.57. The summed E-state index contributed by atoms with van der Waals surface area (Å²) in [7, 11) is -10.7. The van der Waals surface area contributed by atoms with Gasteiger partial charge < -0.3 is 29.6 Å². The molecule has 1 aliphatic rings.